The van der Waals surface area contributed by atoms with Gasteiger partial charge in [0.1, 0.15) is 5.82 Å². The van der Waals surface area contributed by atoms with Crippen molar-refractivity contribution < 1.29 is 5.11 Å². The van der Waals surface area contributed by atoms with Crippen LogP contribution < -0.4 is 10.6 Å². The van der Waals surface area contributed by atoms with E-state index >= 15 is 0 Å². The van der Waals surface area contributed by atoms with E-state index in [1.165, 1.54) is 32.1 Å². The van der Waals surface area contributed by atoms with Crippen LogP contribution in [0.1, 0.15) is 32.1 Å². The van der Waals surface area contributed by atoms with Gasteiger partial charge >= 0.3 is 0 Å². The summed E-state index contributed by atoms with van der Waals surface area (Å²) in [6.45, 7) is 0.490. The number of anilines is 2. The highest BCUT2D eigenvalue weighted by atomic mass is 16.3. The first-order chi connectivity index (χ1) is 10.3. The maximum absolute atomic E-state index is 8.93. The van der Waals surface area contributed by atoms with Crippen LogP contribution in [0.5, 0.6) is 0 Å². The lowest BCUT2D eigenvalue weighted by molar-refractivity contribution is 0.311. The van der Waals surface area contributed by atoms with Crippen LogP contribution in [0, 0.1) is 0 Å². The molecule has 3 rings (SSSR count). The zero-order valence-electron chi connectivity index (χ0n) is 12.3. The van der Waals surface area contributed by atoms with Crippen molar-refractivity contribution >= 4 is 22.8 Å². The van der Waals surface area contributed by atoms with Crippen LogP contribution >= 0.6 is 0 Å². The molecule has 1 aliphatic rings. The standard InChI is InChI=1S/C14H22N6O/c1-20-13-11(9-16-20)12(17-10-5-3-2-4-6-10)18-14(19-13)15-7-8-21/h9-10,21H,2-8H2,1H3,(H2,15,17,18,19). The van der Waals surface area contributed by atoms with Crippen LogP contribution in [0.15, 0.2) is 6.20 Å². The third-order valence-electron chi connectivity index (χ3n) is 3.93. The van der Waals surface area contributed by atoms with E-state index in [0.29, 0.717) is 18.5 Å². The first-order valence-corrected chi connectivity index (χ1v) is 7.59. The van der Waals surface area contributed by atoms with Crippen molar-refractivity contribution in [1.29, 1.82) is 0 Å². The molecule has 0 amide bonds. The van der Waals surface area contributed by atoms with Crippen molar-refractivity contribution in [3.63, 3.8) is 0 Å². The molecule has 0 saturated heterocycles. The highest BCUT2D eigenvalue weighted by molar-refractivity contribution is 5.87. The lowest BCUT2D eigenvalue weighted by atomic mass is 9.95. The van der Waals surface area contributed by atoms with Crippen molar-refractivity contribution in [1.82, 2.24) is 19.7 Å². The Kier molecular flexibility index (Phi) is 4.19. The molecule has 21 heavy (non-hydrogen) atoms. The van der Waals surface area contributed by atoms with Gasteiger partial charge in [0.25, 0.3) is 0 Å². The fourth-order valence-corrected chi connectivity index (χ4v) is 2.82. The summed E-state index contributed by atoms with van der Waals surface area (Å²) in [4.78, 5) is 9.00. The lowest BCUT2D eigenvalue weighted by Gasteiger charge is -2.23. The van der Waals surface area contributed by atoms with E-state index < -0.39 is 0 Å². The molecule has 3 N–H and O–H groups in total. The highest BCUT2D eigenvalue weighted by Crippen LogP contribution is 2.26. The topological polar surface area (TPSA) is 87.9 Å². The molecule has 0 aromatic carbocycles. The van der Waals surface area contributed by atoms with Gasteiger partial charge in [-0.15, -0.1) is 0 Å². The smallest absolute Gasteiger partial charge is 0.226 e. The Bertz CT molecular complexity index is 605. The molecule has 0 bridgehead atoms. The number of nitrogens with one attached hydrogen (secondary N) is 2. The van der Waals surface area contributed by atoms with Crippen LogP contribution in [-0.4, -0.2) is 44.0 Å². The monoisotopic (exact) mass is 290 g/mol. The average molecular weight is 290 g/mol. The van der Waals surface area contributed by atoms with Gasteiger partial charge in [-0.1, -0.05) is 19.3 Å². The summed E-state index contributed by atoms with van der Waals surface area (Å²) in [7, 11) is 1.87. The molecular weight excluding hydrogens is 268 g/mol. The minimum absolute atomic E-state index is 0.0537. The molecule has 1 aliphatic carbocycles. The second-order valence-corrected chi connectivity index (χ2v) is 5.53. The third kappa shape index (κ3) is 3.07. The molecule has 0 spiro atoms. The van der Waals surface area contributed by atoms with E-state index in [9.17, 15) is 0 Å². The van der Waals surface area contributed by atoms with E-state index in [0.717, 1.165) is 16.9 Å². The van der Waals surface area contributed by atoms with Crippen LogP contribution in [0.4, 0.5) is 11.8 Å². The minimum atomic E-state index is 0.0537. The molecule has 2 aromatic heterocycles. The number of nitrogens with zero attached hydrogens (tertiary/aromatic N) is 4. The number of aryl methyl sites for hydroxylation is 1. The Balaban J connectivity index is 1.90. The lowest BCUT2D eigenvalue weighted by Crippen LogP contribution is -2.23. The quantitative estimate of drug-likeness (QED) is 0.773. The summed E-state index contributed by atoms with van der Waals surface area (Å²) in [5.74, 6) is 1.36. The summed E-state index contributed by atoms with van der Waals surface area (Å²) >= 11 is 0. The normalized spacial score (nSPS) is 16.3. The van der Waals surface area contributed by atoms with Gasteiger partial charge < -0.3 is 15.7 Å². The molecular formula is C14H22N6O. The first kappa shape index (κ1) is 14.1. The van der Waals surface area contributed by atoms with Crippen LogP contribution in [0.2, 0.25) is 0 Å². The maximum atomic E-state index is 8.93. The number of rotatable bonds is 5. The largest absolute Gasteiger partial charge is 0.395 e. The van der Waals surface area contributed by atoms with Crippen molar-refractivity contribution in [2.24, 2.45) is 7.05 Å². The van der Waals surface area contributed by atoms with E-state index in [1.807, 2.05) is 7.05 Å². The van der Waals surface area contributed by atoms with Crippen LogP contribution in [0.3, 0.4) is 0 Å². The summed E-state index contributed by atoms with van der Waals surface area (Å²) in [5, 5.41) is 20.7. The summed E-state index contributed by atoms with van der Waals surface area (Å²) in [5.41, 5.74) is 0.795. The number of aliphatic hydroxyl groups excluding tert-OH is 1. The van der Waals surface area contributed by atoms with Crippen molar-refractivity contribution in [2.75, 3.05) is 23.8 Å². The average Bonchev–Trinajstić information content (AvgIpc) is 2.88. The second-order valence-electron chi connectivity index (χ2n) is 5.53. The first-order valence-electron chi connectivity index (χ1n) is 7.59. The number of fused-ring (bicyclic) bond motifs is 1. The molecule has 0 radical (unpaired) electrons. The summed E-state index contributed by atoms with van der Waals surface area (Å²) in [6.07, 6.45) is 8.04. The Morgan fingerprint density at radius 2 is 2.10 bits per heavy atom. The fraction of sp³-hybridized carbons (Fsp3) is 0.643. The minimum Gasteiger partial charge on any atom is -0.395 e. The van der Waals surface area contributed by atoms with Crippen molar-refractivity contribution in [3.8, 4) is 0 Å². The van der Waals surface area contributed by atoms with Gasteiger partial charge in [0.2, 0.25) is 5.95 Å². The molecule has 7 heteroatoms. The SMILES string of the molecule is Cn1ncc2c(NC3CCCCC3)nc(NCCO)nc21. The number of aromatic nitrogens is 4. The van der Waals surface area contributed by atoms with Gasteiger partial charge in [-0.25, -0.2) is 0 Å². The van der Waals surface area contributed by atoms with E-state index in [4.69, 9.17) is 5.11 Å². The second kappa shape index (κ2) is 6.26. The van der Waals surface area contributed by atoms with Crippen LogP contribution in [-0.2, 0) is 7.05 Å². The highest BCUT2D eigenvalue weighted by Gasteiger charge is 2.17. The summed E-state index contributed by atoms with van der Waals surface area (Å²) in [6, 6.07) is 0.475. The molecule has 0 atom stereocenters. The van der Waals surface area contributed by atoms with Gasteiger partial charge in [0.15, 0.2) is 5.65 Å². The fourth-order valence-electron chi connectivity index (χ4n) is 2.82. The van der Waals surface area contributed by atoms with Gasteiger partial charge in [0, 0.05) is 19.6 Å². The van der Waals surface area contributed by atoms with Crippen molar-refractivity contribution in [3.05, 3.63) is 6.20 Å². The molecule has 0 unspecified atom stereocenters. The Morgan fingerprint density at radius 1 is 1.29 bits per heavy atom. The Hall–Kier alpha value is -1.89. The molecule has 2 aromatic rings. The molecule has 0 aliphatic heterocycles. The molecule has 2 heterocycles. The van der Waals surface area contributed by atoms with Gasteiger partial charge in [-0.05, 0) is 12.8 Å². The molecule has 1 saturated carbocycles. The van der Waals surface area contributed by atoms with Gasteiger partial charge in [-0.3, -0.25) is 4.68 Å². The third-order valence-corrected chi connectivity index (χ3v) is 3.93. The molecule has 114 valence electrons. The van der Waals surface area contributed by atoms with Gasteiger partial charge in [0.05, 0.1) is 18.2 Å². The Morgan fingerprint density at radius 3 is 2.86 bits per heavy atom. The zero-order chi connectivity index (χ0) is 14.7. The predicted molar refractivity (Wildman–Crippen MR) is 82.4 cm³/mol. The Labute approximate surface area is 123 Å². The van der Waals surface area contributed by atoms with Gasteiger partial charge in [-0.2, -0.15) is 15.1 Å². The molecule has 7 nitrogen and oxygen atoms in total. The van der Waals surface area contributed by atoms with Crippen LogP contribution in [0.25, 0.3) is 11.0 Å². The predicted octanol–water partition coefficient (Wildman–Crippen LogP) is 1.51. The zero-order valence-corrected chi connectivity index (χ0v) is 12.3. The number of aliphatic hydroxyl groups is 1. The maximum Gasteiger partial charge on any atom is 0.226 e. The number of hydrogen-bond acceptors (Lipinski definition) is 6. The van der Waals surface area contributed by atoms with E-state index in [2.05, 4.69) is 25.7 Å². The molecule has 1 fully saturated rings. The number of hydrogen-bond donors (Lipinski definition) is 3. The van der Waals surface area contributed by atoms with Crippen molar-refractivity contribution in [2.45, 2.75) is 38.1 Å². The summed E-state index contributed by atoms with van der Waals surface area (Å²) < 4.78 is 1.74. The van der Waals surface area contributed by atoms with E-state index in [1.54, 1.807) is 10.9 Å². The van der Waals surface area contributed by atoms with E-state index in [-0.39, 0.29) is 6.61 Å².